The lowest BCUT2D eigenvalue weighted by Crippen LogP contribution is -2.33. The third kappa shape index (κ3) is 12.6. The van der Waals surface area contributed by atoms with Gasteiger partial charge in [-0.2, -0.15) is 0 Å². The summed E-state index contributed by atoms with van der Waals surface area (Å²) in [6.45, 7) is 7.31. The van der Waals surface area contributed by atoms with Crippen molar-refractivity contribution in [1.29, 1.82) is 0 Å². The summed E-state index contributed by atoms with van der Waals surface area (Å²) in [6.07, 6.45) is 20.5. The van der Waals surface area contributed by atoms with Gasteiger partial charge in [0.25, 0.3) is 0 Å². The molecule has 0 bridgehead atoms. The number of hydrogen-bond acceptors (Lipinski definition) is 6. The second-order valence-corrected chi connectivity index (χ2v) is 11.6. The zero-order valence-electron chi connectivity index (χ0n) is 24.0. The van der Waals surface area contributed by atoms with E-state index in [1.165, 1.54) is 25.7 Å². The molecule has 4 atom stereocenters. The van der Waals surface area contributed by atoms with Gasteiger partial charge < -0.3 is 24.4 Å². The Morgan fingerprint density at radius 2 is 1.54 bits per heavy atom. The van der Waals surface area contributed by atoms with Gasteiger partial charge in [-0.25, -0.2) is 0 Å². The first kappa shape index (κ1) is 32.3. The van der Waals surface area contributed by atoms with Crippen LogP contribution in [-0.4, -0.2) is 53.5 Å². The van der Waals surface area contributed by atoms with Crippen molar-refractivity contribution >= 4 is 5.97 Å². The summed E-state index contributed by atoms with van der Waals surface area (Å²) in [4.78, 5) is 11.6. The van der Waals surface area contributed by atoms with E-state index < -0.39 is 18.0 Å². The van der Waals surface area contributed by atoms with Gasteiger partial charge in [0.1, 0.15) is 0 Å². The fourth-order valence-electron chi connectivity index (χ4n) is 5.96. The summed E-state index contributed by atoms with van der Waals surface area (Å²) < 4.78 is 17.3. The first-order chi connectivity index (χ1) is 17.9. The van der Waals surface area contributed by atoms with E-state index in [9.17, 15) is 15.0 Å². The Morgan fingerprint density at radius 1 is 0.892 bits per heavy atom. The monoisotopic (exact) mass is 524 g/mol. The van der Waals surface area contributed by atoms with Crippen LogP contribution in [0, 0.1) is 11.8 Å². The van der Waals surface area contributed by atoms with Crippen molar-refractivity contribution < 1.29 is 29.2 Å². The Bertz CT molecular complexity index is 627. The van der Waals surface area contributed by atoms with Crippen molar-refractivity contribution in [3.63, 3.8) is 0 Å². The maximum atomic E-state index is 11.6. The standard InChI is InChI=1S/C31H56O6/c1-4-5-6-13-16-20-31(35-22-23-36-31)21-19-27-26(28(32)24-29(27)33)17-14-11-9-7-8-10-12-15-18-30(34)37-25(2)3/h11,14,25-29,32-33H,4-10,12-13,15-24H2,1-3H3/b14-11+. The highest BCUT2D eigenvalue weighted by Gasteiger charge is 2.43. The van der Waals surface area contributed by atoms with Crippen molar-refractivity contribution in [3.8, 4) is 0 Å². The van der Waals surface area contributed by atoms with E-state index in [2.05, 4.69) is 19.1 Å². The van der Waals surface area contributed by atoms with Crippen LogP contribution in [0.3, 0.4) is 0 Å². The largest absolute Gasteiger partial charge is 0.463 e. The first-order valence-corrected chi connectivity index (χ1v) is 15.4. The van der Waals surface area contributed by atoms with Gasteiger partial charge in [0, 0.05) is 19.3 Å². The molecule has 4 unspecified atom stereocenters. The number of carbonyl (C=O) groups excluding carboxylic acids is 1. The molecule has 1 aliphatic heterocycles. The number of unbranched alkanes of at least 4 members (excludes halogenated alkanes) is 9. The Hall–Kier alpha value is -0.950. The fraction of sp³-hybridized carbons (Fsp3) is 0.903. The quantitative estimate of drug-likeness (QED) is 0.103. The molecule has 1 saturated heterocycles. The Labute approximate surface area is 226 Å². The number of allylic oxidation sites excluding steroid dienone is 2. The molecule has 1 saturated carbocycles. The SMILES string of the molecule is CCCCCCCC1(CCC2C(O)CC(O)C2C/C=C/CCCCCCCC(=O)OC(C)C)OCCO1. The van der Waals surface area contributed by atoms with Gasteiger partial charge in [-0.05, 0) is 70.6 Å². The highest BCUT2D eigenvalue weighted by molar-refractivity contribution is 5.69. The van der Waals surface area contributed by atoms with Crippen molar-refractivity contribution in [3.05, 3.63) is 12.2 Å². The molecule has 0 aromatic carbocycles. The number of aliphatic hydroxyl groups is 2. The predicted octanol–water partition coefficient (Wildman–Crippen LogP) is 6.86. The molecule has 0 amide bonds. The van der Waals surface area contributed by atoms with Crippen molar-refractivity contribution in [2.45, 2.75) is 154 Å². The van der Waals surface area contributed by atoms with Gasteiger partial charge in [0.2, 0.25) is 0 Å². The lowest BCUT2D eigenvalue weighted by molar-refractivity contribution is -0.171. The van der Waals surface area contributed by atoms with E-state index in [0.29, 0.717) is 26.1 Å². The molecule has 0 aromatic rings. The number of carbonyl (C=O) groups is 1. The third-order valence-corrected chi connectivity index (χ3v) is 8.05. The molecular formula is C31H56O6. The van der Waals surface area contributed by atoms with Gasteiger partial charge in [-0.15, -0.1) is 0 Å². The van der Waals surface area contributed by atoms with Crippen molar-refractivity contribution in [1.82, 2.24) is 0 Å². The number of hydrogen-bond donors (Lipinski definition) is 2. The maximum Gasteiger partial charge on any atom is 0.306 e. The van der Waals surface area contributed by atoms with Crippen LogP contribution >= 0.6 is 0 Å². The molecule has 6 nitrogen and oxygen atoms in total. The summed E-state index contributed by atoms with van der Waals surface area (Å²) in [5.74, 6) is -0.391. The molecule has 2 rings (SSSR count). The Kier molecular flexibility index (Phi) is 16.0. The summed E-state index contributed by atoms with van der Waals surface area (Å²) in [7, 11) is 0. The average Bonchev–Trinajstić information content (AvgIpc) is 3.42. The zero-order chi connectivity index (χ0) is 26.9. The number of esters is 1. The smallest absolute Gasteiger partial charge is 0.306 e. The van der Waals surface area contributed by atoms with E-state index in [1.807, 2.05) is 13.8 Å². The van der Waals surface area contributed by atoms with Gasteiger partial charge in [0.05, 0.1) is 31.5 Å². The van der Waals surface area contributed by atoms with Gasteiger partial charge in [-0.3, -0.25) is 4.79 Å². The van der Waals surface area contributed by atoms with Crippen LogP contribution < -0.4 is 0 Å². The highest BCUT2D eigenvalue weighted by atomic mass is 16.7. The molecule has 37 heavy (non-hydrogen) atoms. The molecule has 2 N–H and O–H groups in total. The van der Waals surface area contributed by atoms with Crippen LogP contribution in [0.2, 0.25) is 0 Å². The normalized spacial score (nSPS) is 25.5. The maximum absolute atomic E-state index is 11.6. The number of aliphatic hydroxyl groups excluding tert-OH is 2. The van der Waals surface area contributed by atoms with Crippen molar-refractivity contribution in [2.75, 3.05) is 13.2 Å². The predicted molar refractivity (Wildman–Crippen MR) is 148 cm³/mol. The minimum Gasteiger partial charge on any atom is -0.463 e. The summed E-state index contributed by atoms with van der Waals surface area (Å²) in [6, 6.07) is 0. The minimum absolute atomic E-state index is 0.0275. The highest BCUT2D eigenvalue weighted by Crippen LogP contribution is 2.41. The molecular weight excluding hydrogens is 468 g/mol. The van der Waals surface area contributed by atoms with Gasteiger partial charge in [-0.1, -0.05) is 64.0 Å². The Morgan fingerprint density at radius 3 is 2.27 bits per heavy atom. The summed E-state index contributed by atoms with van der Waals surface area (Å²) in [5.41, 5.74) is 0. The van der Waals surface area contributed by atoms with Crippen LogP contribution in [-0.2, 0) is 19.0 Å². The van der Waals surface area contributed by atoms with Crippen molar-refractivity contribution in [2.24, 2.45) is 11.8 Å². The molecule has 0 spiro atoms. The Balaban J connectivity index is 1.65. The van der Waals surface area contributed by atoms with Gasteiger partial charge >= 0.3 is 5.97 Å². The van der Waals surface area contributed by atoms with Crippen LogP contribution in [0.4, 0.5) is 0 Å². The second-order valence-electron chi connectivity index (χ2n) is 11.6. The average molecular weight is 525 g/mol. The van der Waals surface area contributed by atoms with E-state index in [4.69, 9.17) is 14.2 Å². The molecule has 2 fully saturated rings. The van der Waals surface area contributed by atoms with E-state index in [1.54, 1.807) is 0 Å². The molecule has 216 valence electrons. The van der Waals surface area contributed by atoms with Gasteiger partial charge in [0.15, 0.2) is 5.79 Å². The minimum atomic E-state index is -0.491. The second kappa shape index (κ2) is 18.4. The lowest BCUT2D eigenvalue weighted by Gasteiger charge is -2.31. The molecule has 1 aliphatic carbocycles. The molecule has 6 heteroatoms. The topological polar surface area (TPSA) is 85.2 Å². The molecule has 0 aromatic heterocycles. The molecule has 0 radical (unpaired) electrons. The van der Waals surface area contributed by atoms with E-state index in [0.717, 1.165) is 70.6 Å². The summed E-state index contributed by atoms with van der Waals surface area (Å²) >= 11 is 0. The van der Waals surface area contributed by atoms with Crippen LogP contribution in [0.5, 0.6) is 0 Å². The first-order valence-electron chi connectivity index (χ1n) is 15.4. The fourth-order valence-corrected chi connectivity index (χ4v) is 5.96. The molecule has 1 heterocycles. The van der Waals surface area contributed by atoms with Crippen LogP contribution in [0.1, 0.15) is 130 Å². The lowest BCUT2D eigenvalue weighted by atomic mass is 9.85. The van der Waals surface area contributed by atoms with E-state index in [-0.39, 0.29) is 23.9 Å². The van der Waals surface area contributed by atoms with E-state index >= 15 is 0 Å². The summed E-state index contributed by atoms with van der Waals surface area (Å²) in [5, 5.41) is 21.3. The van der Waals surface area contributed by atoms with Crippen LogP contribution in [0.25, 0.3) is 0 Å². The van der Waals surface area contributed by atoms with Crippen LogP contribution in [0.15, 0.2) is 12.2 Å². The number of ether oxygens (including phenoxy) is 3. The number of rotatable bonds is 20. The zero-order valence-corrected chi connectivity index (χ0v) is 24.0. The third-order valence-electron chi connectivity index (χ3n) is 8.05. The molecule has 2 aliphatic rings.